The third-order valence-corrected chi connectivity index (χ3v) is 6.62. The maximum absolute atomic E-state index is 13.0. The zero-order valence-electron chi connectivity index (χ0n) is 17.1. The minimum atomic E-state index is -3.80. The van der Waals surface area contributed by atoms with Crippen LogP contribution in [-0.4, -0.2) is 28.5 Å². The lowest BCUT2D eigenvalue weighted by Crippen LogP contribution is -2.28. The molecule has 1 amide bonds. The van der Waals surface area contributed by atoms with E-state index in [0.29, 0.717) is 5.69 Å². The third-order valence-electron chi connectivity index (χ3n) is 4.84. The van der Waals surface area contributed by atoms with E-state index in [-0.39, 0.29) is 22.4 Å². The molecule has 0 aliphatic heterocycles. The number of anilines is 1. The number of carbonyl (C=O) groups excluding carboxylic acids is 1. The molecular formula is C23H24N2O4S. The van der Waals surface area contributed by atoms with Crippen molar-refractivity contribution in [1.82, 2.24) is 5.32 Å². The average molecular weight is 425 g/mol. The van der Waals surface area contributed by atoms with Crippen molar-refractivity contribution < 1.29 is 17.9 Å². The standard InChI is InChI=1S/C23H24N2O4S/c1-17(18-12-14-21(29-3)15-13-18)24-23(26)19-8-7-11-22(16-19)30(27,28)25(2)20-9-5-4-6-10-20/h4-17H,1-3H3,(H,24,26)/t17-/m1/s1. The van der Waals surface area contributed by atoms with Gasteiger partial charge in [0.1, 0.15) is 5.75 Å². The Bertz CT molecular complexity index is 1110. The Labute approximate surface area is 177 Å². The van der Waals surface area contributed by atoms with Gasteiger partial charge in [0.15, 0.2) is 0 Å². The molecule has 3 aromatic rings. The van der Waals surface area contributed by atoms with Crippen molar-refractivity contribution in [3.8, 4) is 5.75 Å². The first-order valence-corrected chi connectivity index (χ1v) is 10.9. The molecule has 30 heavy (non-hydrogen) atoms. The molecule has 0 saturated heterocycles. The summed E-state index contributed by atoms with van der Waals surface area (Å²) in [6, 6.07) is 22.0. The number of amides is 1. The number of sulfonamides is 1. The van der Waals surface area contributed by atoms with E-state index < -0.39 is 10.0 Å². The molecule has 7 heteroatoms. The van der Waals surface area contributed by atoms with Gasteiger partial charge in [0.25, 0.3) is 15.9 Å². The van der Waals surface area contributed by atoms with Crippen molar-refractivity contribution in [3.05, 3.63) is 90.0 Å². The lowest BCUT2D eigenvalue weighted by molar-refractivity contribution is 0.0939. The van der Waals surface area contributed by atoms with Gasteiger partial charge in [-0.1, -0.05) is 36.4 Å². The van der Waals surface area contributed by atoms with Gasteiger partial charge in [0.05, 0.1) is 23.7 Å². The number of para-hydroxylation sites is 1. The quantitative estimate of drug-likeness (QED) is 0.622. The number of benzene rings is 3. The molecule has 3 rings (SSSR count). The van der Waals surface area contributed by atoms with Crippen LogP contribution >= 0.6 is 0 Å². The number of rotatable bonds is 7. The molecule has 3 aromatic carbocycles. The molecule has 156 valence electrons. The fourth-order valence-electron chi connectivity index (χ4n) is 2.99. The topological polar surface area (TPSA) is 75.7 Å². The van der Waals surface area contributed by atoms with Crippen LogP contribution in [0.15, 0.2) is 83.8 Å². The minimum absolute atomic E-state index is 0.0543. The molecule has 0 spiro atoms. The summed E-state index contributed by atoms with van der Waals surface area (Å²) >= 11 is 0. The largest absolute Gasteiger partial charge is 0.497 e. The second-order valence-corrected chi connectivity index (χ2v) is 8.77. The number of hydrogen-bond donors (Lipinski definition) is 1. The van der Waals surface area contributed by atoms with Crippen LogP contribution in [-0.2, 0) is 10.0 Å². The van der Waals surface area contributed by atoms with Crippen molar-refractivity contribution in [2.75, 3.05) is 18.5 Å². The van der Waals surface area contributed by atoms with Gasteiger partial charge in [0, 0.05) is 12.6 Å². The van der Waals surface area contributed by atoms with Crippen molar-refractivity contribution in [2.24, 2.45) is 0 Å². The molecule has 1 N–H and O–H groups in total. The summed E-state index contributed by atoms with van der Waals surface area (Å²) in [5, 5.41) is 2.90. The first kappa shape index (κ1) is 21.4. The summed E-state index contributed by atoms with van der Waals surface area (Å²) < 4.78 is 32.3. The van der Waals surface area contributed by atoms with Gasteiger partial charge < -0.3 is 10.1 Å². The molecule has 0 aromatic heterocycles. The zero-order chi connectivity index (χ0) is 21.7. The number of carbonyl (C=O) groups is 1. The van der Waals surface area contributed by atoms with Crippen LogP contribution in [0.4, 0.5) is 5.69 Å². The Balaban J connectivity index is 1.79. The monoisotopic (exact) mass is 424 g/mol. The molecule has 6 nitrogen and oxygen atoms in total. The number of hydrogen-bond acceptors (Lipinski definition) is 4. The molecule has 0 saturated carbocycles. The fraction of sp³-hybridized carbons (Fsp3) is 0.174. The third kappa shape index (κ3) is 4.63. The summed E-state index contributed by atoms with van der Waals surface area (Å²) in [5.41, 5.74) is 1.73. The Morgan fingerprint density at radius 3 is 2.27 bits per heavy atom. The van der Waals surface area contributed by atoms with Crippen LogP contribution in [0.3, 0.4) is 0 Å². The second kappa shape index (κ2) is 9.00. The molecule has 1 atom stereocenters. The number of methoxy groups -OCH3 is 1. The van der Waals surface area contributed by atoms with Crippen LogP contribution in [0.5, 0.6) is 5.75 Å². The van der Waals surface area contributed by atoms with Crippen LogP contribution < -0.4 is 14.4 Å². The van der Waals surface area contributed by atoms with Gasteiger partial charge in [0.2, 0.25) is 0 Å². The molecule has 0 radical (unpaired) electrons. The van der Waals surface area contributed by atoms with Crippen LogP contribution in [0.1, 0.15) is 28.9 Å². The molecule has 0 aliphatic carbocycles. The van der Waals surface area contributed by atoms with E-state index in [9.17, 15) is 13.2 Å². The van der Waals surface area contributed by atoms with Gasteiger partial charge in [-0.15, -0.1) is 0 Å². The van der Waals surface area contributed by atoms with E-state index >= 15 is 0 Å². The Hall–Kier alpha value is -3.32. The Morgan fingerprint density at radius 1 is 0.967 bits per heavy atom. The number of ether oxygens (including phenoxy) is 1. The number of nitrogens with one attached hydrogen (secondary N) is 1. The maximum atomic E-state index is 13.0. The highest BCUT2D eigenvalue weighted by Crippen LogP contribution is 2.23. The first-order chi connectivity index (χ1) is 14.3. The summed E-state index contributed by atoms with van der Waals surface area (Å²) in [6.45, 7) is 1.86. The van der Waals surface area contributed by atoms with E-state index in [4.69, 9.17) is 4.74 Å². The fourth-order valence-corrected chi connectivity index (χ4v) is 4.23. The maximum Gasteiger partial charge on any atom is 0.264 e. The highest BCUT2D eigenvalue weighted by Gasteiger charge is 2.22. The van der Waals surface area contributed by atoms with E-state index in [1.54, 1.807) is 43.5 Å². The van der Waals surface area contributed by atoms with Gasteiger partial charge in [-0.2, -0.15) is 0 Å². The summed E-state index contributed by atoms with van der Waals surface area (Å²) in [6.07, 6.45) is 0. The van der Waals surface area contributed by atoms with E-state index in [1.165, 1.54) is 23.5 Å². The van der Waals surface area contributed by atoms with Crippen molar-refractivity contribution in [1.29, 1.82) is 0 Å². The summed E-state index contributed by atoms with van der Waals surface area (Å²) in [7, 11) is -0.714. The van der Waals surface area contributed by atoms with E-state index in [0.717, 1.165) is 11.3 Å². The van der Waals surface area contributed by atoms with Gasteiger partial charge in [-0.25, -0.2) is 8.42 Å². The van der Waals surface area contributed by atoms with Gasteiger partial charge in [-0.05, 0) is 55.0 Å². The van der Waals surface area contributed by atoms with Crippen LogP contribution in [0.2, 0.25) is 0 Å². The molecular weight excluding hydrogens is 400 g/mol. The number of nitrogens with zero attached hydrogens (tertiary/aromatic N) is 1. The average Bonchev–Trinajstić information content (AvgIpc) is 2.79. The van der Waals surface area contributed by atoms with E-state index in [2.05, 4.69) is 5.32 Å². The van der Waals surface area contributed by atoms with Gasteiger partial charge >= 0.3 is 0 Å². The predicted octanol–water partition coefficient (Wildman–Crippen LogP) is 4.01. The predicted molar refractivity (Wildman–Crippen MR) is 117 cm³/mol. The Kier molecular flexibility index (Phi) is 6.42. The lowest BCUT2D eigenvalue weighted by Gasteiger charge is -2.20. The molecule has 0 aliphatic rings. The van der Waals surface area contributed by atoms with Crippen molar-refractivity contribution >= 4 is 21.6 Å². The SMILES string of the molecule is COc1ccc([C@@H](C)NC(=O)c2cccc(S(=O)(=O)N(C)c3ccccc3)c2)cc1. The molecule has 0 unspecified atom stereocenters. The minimum Gasteiger partial charge on any atom is -0.497 e. The summed E-state index contributed by atoms with van der Waals surface area (Å²) in [5.74, 6) is 0.385. The summed E-state index contributed by atoms with van der Waals surface area (Å²) in [4.78, 5) is 12.8. The van der Waals surface area contributed by atoms with Crippen LogP contribution in [0, 0.1) is 0 Å². The van der Waals surface area contributed by atoms with E-state index in [1.807, 2.05) is 37.3 Å². The smallest absolute Gasteiger partial charge is 0.264 e. The van der Waals surface area contributed by atoms with Crippen LogP contribution in [0.25, 0.3) is 0 Å². The van der Waals surface area contributed by atoms with Gasteiger partial charge in [-0.3, -0.25) is 9.10 Å². The molecule has 0 fully saturated rings. The molecule has 0 bridgehead atoms. The molecule has 0 heterocycles. The highest BCUT2D eigenvalue weighted by molar-refractivity contribution is 7.92. The van der Waals surface area contributed by atoms with Crippen molar-refractivity contribution in [3.63, 3.8) is 0 Å². The lowest BCUT2D eigenvalue weighted by atomic mass is 10.1. The second-order valence-electron chi connectivity index (χ2n) is 6.80. The Morgan fingerprint density at radius 2 is 1.63 bits per heavy atom. The zero-order valence-corrected chi connectivity index (χ0v) is 17.9. The first-order valence-electron chi connectivity index (χ1n) is 9.42. The van der Waals surface area contributed by atoms with Crippen molar-refractivity contribution in [2.45, 2.75) is 17.9 Å². The normalized spacial score (nSPS) is 12.1. The highest BCUT2D eigenvalue weighted by atomic mass is 32.2.